The van der Waals surface area contributed by atoms with Crippen LogP contribution in [0.3, 0.4) is 0 Å². The second kappa shape index (κ2) is 8.95. The first-order chi connectivity index (χ1) is 13.1. The summed E-state index contributed by atoms with van der Waals surface area (Å²) < 4.78 is 11.0. The number of benzene rings is 2. The number of methoxy groups -OCH3 is 1. The van der Waals surface area contributed by atoms with Crippen molar-refractivity contribution < 1.29 is 9.47 Å². The van der Waals surface area contributed by atoms with Crippen LogP contribution in [0.1, 0.15) is 18.5 Å². The van der Waals surface area contributed by atoms with E-state index in [1.54, 1.807) is 6.07 Å². The molecule has 27 heavy (non-hydrogen) atoms. The molecular weight excluding hydrogens is 360 g/mol. The fourth-order valence-electron chi connectivity index (χ4n) is 2.39. The molecule has 0 saturated heterocycles. The van der Waals surface area contributed by atoms with Gasteiger partial charge in [-0.3, -0.25) is 0 Å². The highest BCUT2D eigenvalue weighted by atomic mass is 32.1. The van der Waals surface area contributed by atoms with Crippen LogP contribution in [0.5, 0.6) is 17.5 Å². The summed E-state index contributed by atoms with van der Waals surface area (Å²) in [6, 6.07) is 21.0. The van der Waals surface area contributed by atoms with E-state index in [1.807, 2.05) is 67.6 Å². The molecule has 138 valence electrons. The summed E-state index contributed by atoms with van der Waals surface area (Å²) in [6.45, 7) is 2.03. The van der Waals surface area contributed by atoms with Crippen molar-refractivity contribution in [1.29, 1.82) is 0 Å². The molecular formula is C20H20N4O2S. The van der Waals surface area contributed by atoms with Crippen molar-refractivity contribution in [3.63, 3.8) is 0 Å². The summed E-state index contributed by atoms with van der Waals surface area (Å²) in [5.74, 6) is 1.69. The van der Waals surface area contributed by atoms with Crippen LogP contribution in [0.2, 0.25) is 0 Å². The van der Waals surface area contributed by atoms with Gasteiger partial charge in [0.15, 0.2) is 5.11 Å². The predicted octanol–water partition coefficient (Wildman–Crippen LogP) is 4.33. The summed E-state index contributed by atoms with van der Waals surface area (Å²) in [5.41, 5.74) is 1.13. The van der Waals surface area contributed by atoms with Gasteiger partial charge in [0.25, 0.3) is 0 Å². The molecule has 0 fully saturated rings. The minimum absolute atomic E-state index is 0.0387. The monoisotopic (exact) mass is 380 g/mol. The lowest BCUT2D eigenvalue weighted by atomic mass is 10.1. The number of thiocarbonyl (C=S) groups is 1. The van der Waals surface area contributed by atoms with Crippen LogP contribution in [0.15, 0.2) is 66.7 Å². The lowest BCUT2D eigenvalue weighted by molar-refractivity contribution is 0.389. The van der Waals surface area contributed by atoms with Crippen LogP contribution >= 0.6 is 12.2 Å². The molecule has 1 aromatic heterocycles. The van der Waals surface area contributed by atoms with Gasteiger partial charge in [-0.15, -0.1) is 0 Å². The van der Waals surface area contributed by atoms with Gasteiger partial charge in [0.05, 0.1) is 19.2 Å². The van der Waals surface area contributed by atoms with Gasteiger partial charge >= 0.3 is 0 Å². The molecule has 2 N–H and O–H groups in total. The maximum Gasteiger partial charge on any atom is 0.235 e. The zero-order valence-electron chi connectivity index (χ0n) is 15.0. The largest absolute Gasteiger partial charge is 0.481 e. The Hall–Kier alpha value is -3.19. The van der Waals surface area contributed by atoms with Gasteiger partial charge in [-0.1, -0.05) is 48.5 Å². The smallest absolute Gasteiger partial charge is 0.235 e. The second-order valence-corrected chi connectivity index (χ2v) is 6.13. The number of hydrogen-bond donors (Lipinski definition) is 2. The summed E-state index contributed by atoms with van der Waals surface area (Å²) in [6.07, 6.45) is 0. The Bertz CT molecular complexity index is 891. The highest BCUT2D eigenvalue weighted by Gasteiger charge is 2.11. The number of anilines is 1. The van der Waals surface area contributed by atoms with E-state index in [-0.39, 0.29) is 12.0 Å². The Labute approximate surface area is 163 Å². The number of para-hydroxylation sites is 1. The molecule has 0 amide bonds. The van der Waals surface area contributed by atoms with E-state index in [4.69, 9.17) is 21.7 Å². The summed E-state index contributed by atoms with van der Waals surface area (Å²) in [4.78, 5) is 8.61. The number of rotatable bonds is 6. The summed E-state index contributed by atoms with van der Waals surface area (Å²) in [5, 5.41) is 6.60. The Morgan fingerprint density at radius 2 is 1.59 bits per heavy atom. The molecule has 6 nitrogen and oxygen atoms in total. The quantitative estimate of drug-likeness (QED) is 0.617. The molecule has 0 aliphatic rings. The first kappa shape index (κ1) is 18.6. The first-order valence-electron chi connectivity index (χ1n) is 8.42. The van der Waals surface area contributed by atoms with E-state index < -0.39 is 0 Å². The van der Waals surface area contributed by atoms with Gasteiger partial charge in [-0.2, -0.15) is 9.97 Å². The van der Waals surface area contributed by atoms with Gasteiger partial charge in [0.2, 0.25) is 17.7 Å². The third-order valence-corrected chi connectivity index (χ3v) is 3.95. The third kappa shape index (κ3) is 5.39. The minimum Gasteiger partial charge on any atom is -0.481 e. The maximum absolute atomic E-state index is 5.76. The fourth-order valence-corrected chi connectivity index (χ4v) is 2.65. The van der Waals surface area contributed by atoms with E-state index >= 15 is 0 Å². The minimum atomic E-state index is 0.0387. The molecule has 3 rings (SSSR count). The van der Waals surface area contributed by atoms with Crippen LogP contribution in [0.25, 0.3) is 0 Å². The topological polar surface area (TPSA) is 68.3 Å². The number of ether oxygens (including phenoxy) is 2. The van der Waals surface area contributed by atoms with Gasteiger partial charge in [-0.05, 0) is 36.8 Å². The molecule has 3 aromatic rings. The normalized spacial score (nSPS) is 11.3. The molecule has 1 atom stereocenters. The highest BCUT2D eigenvalue weighted by molar-refractivity contribution is 7.80. The predicted molar refractivity (Wildman–Crippen MR) is 109 cm³/mol. The third-order valence-electron chi connectivity index (χ3n) is 3.73. The molecule has 0 bridgehead atoms. The van der Waals surface area contributed by atoms with E-state index in [2.05, 4.69) is 20.6 Å². The van der Waals surface area contributed by atoms with Crippen LogP contribution < -0.4 is 20.1 Å². The van der Waals surface area contributed by atoms with E-state index in [9.17, 15) is 0 Å². The van der Waals surface area contributed by atoms with Crippen LogP contribution in [-0.4, -0.2) is 22.2 Å². The summed E-state index contributed by atoms with van der Waals surface area (Å²) >= 11 is 5.38. The van der Waals surface area contributed by atoms with Crippen molar-refractivity contribution >= 4 is 23.3 Å². The van der Waals surface area contributed by atoms with Gasteiger partial charge in [0, 0.05) is 0 Å². The van der Waals surface area contributed by atoms with E-state index in [0.717, 1.165) is 5.56 Å². The van der Waals surface area contributed by atoms with Gasteiger partial charge in [-0.25, -0.2) is 0 Å². The van der Waals surface area contributed by atoms with Crippen molar-refractivity contribution in [1.82, 2.24) is 15.3 Å². The molecule has 2 aromatic carbocycles. The molecule has 1 heterocycles. The molecule has 0 unspecified atom stereocenters. The fraction of sp³-hybridized carbons (Fsp3) is 0.150. The maximum atomic E-state index is 5.76. The number of aromatic nitrogens is 2. The van der Waals surface area contributed by atoms with Crippen LogP contribution in [0, 0.1) is 0 Å². The Balaban J connectivity index is 1.70. The number of nitrogens with zero attached hydrogens (tertiary/aromatic N) is 2. The van der Waals surface area contributed by atoms with Crippen molar-refractivity contribution in [2.24, 2.45) is 0 Å². The SMILES string of the molecule is COc1cc(Oc2ccccc2)nc(NC(=S)N[C@H](C)c2ccccc2)n1. The van der Waals surface area contributed by atoms with Crippen molar-refractivity contribution in [2.45, 2.75) is 13.0 Å². The molecule has 0 aliphatic carbocycles. The van der Waals surface area contributed by atoms with Gasteiger partial charge in [0.1, 0.15) is 5.75 Å². The lowest BCUT2D eigenvalue weighted by Gasteiger charge is -2.17. The lowest BCUT2D eigenvalue weighted by Crippen LogP contribution is -2.31. The van der Waals surface area contributed by atoms with Crippen LogP contribution in [-0.2, 0) is 0 Å². The molecule has 0 aliphatic heterocycles. The van der Waals surface area contributed by atoms with Crippen molar-refractivity contribution in [2.75, 3.05) is 12.4 Å². The average Bonchev–Trinajstić information content (AvgIpc) is 2.69. The van der Waals surface area contributed by atoms with Crippen LogP contribution in [0.4, 0.5) is 5.95 Å². The Morgan fingerprint density at radius 1 is 0.963 bits per heavy atom. The second-order valence-electron chi connectivity index (χ2n) is 5.72. The van der Waals surface area contributed by atoms with Crippen molar-refractivity contribution in [3.05, 3.63) is 72.3 Å². The standard InChI is InChI=1S/C20H20N4O2S/c1-14(15-9-5-3-6-10-15)21-20(27)24-19-22-17(25-2)13-18(23-19)26-16-11-7-4-8-12-16/h3-14H,1-2H3,(H2,21,22,23,24,27)/t14-/m1/s1. The Morgan fingerprint density at radius 3 is 2.26 bits per heavy atom. The molecule has 0 spiro atoms. The summed E-state index contributed by atoms with van der Waals surface area (Å²) in [7, 11) is 1.53. The zero-order valence-corrected chi connectivity index (χ0v) is 15.9. The number of nitrogens with one attached hydrogen (secondary N) is 2. The van der Waals surface area contributed by atoms with Gasteiger partial charge < -0.3 is 20.1 Å². The zero-order chi connectivity index (χ0) is 19.1. The van der Waals surface area contributed by atoms with E-state index in [1.165, 1.54) is 7.11 Å². The molecule has 0 saturated carbocycles. The van der Waals surface area contributed by atoms with Crippen molar-refractivity contribution in [3.8, 4) is 17.5 Å². The highest BCUT2D eigenvalue weighted by Crippen LogP contribution is 2.23. The number of hydrogen-bond acceptors (Lipinski definition) is 5. The average molecular weight is 380 g/mol. The molecule has 7 heteroatoms. The first-order valence-corrected chi connectivity index (χ1v) is 8.83. The molecule has 0 radical (unpaired) electrons. The van der Waals surface area contributed by atoms with E-state index in [0.29, 0.717) is 22.6 Å². The Kier molecular flexibility index (Phi) is 6.17.